The van der Waals surface area contributed by atoms with Gasteiger partial charge in [-0.25, -0.2) is 0 Å². The highest BCUT2D eigenvalue weighted by atomic mass is 16.4. The van der Waals surface area contributed by atoms with Gasteiger partial charge in [0.25, 0.3) is 0 Å². The van der Waals surface area contributed by atoms with Crippen LogP contribution in [0.2, 0.25) is 0 Å². The van der Waals surface area contributed by atoms with Crippen molar-refractivity contribution in [2.45, 2.75) is 33.1 Å². The number of carbonyl (C=O) groups is 2. The molecule has 0 aromatic carbocycles. The minimum Gasteiger partial charge on any atom is -0.550 e. The van der Waals surface area contributed by atoms with Gasteiger partial charge in [0, 0.05) is 18.3 Å². The normalized spacial score (nSPS) is 17.2. The molecule has 0 bridgehead atoms. The second-order valence-electron chi connectivity index (χ2n) is 5.45. The van der Waals surface area contributed by atoms with Crippen LogP contribution in [-0.2, 0) is 9.59 Å². The van der Waals surface area contributed by atoms with Crippen LogP contribution in [0.4, 0.5) is 0 Å². The number of carboxylic acids is 1. The van der Waals surface area contributed by atoms with Gasteiger partial charge >= 0.3 is 0 Å². The lowest BCUT2D eigenvalue weighted by molar-refractivity contribution is -0.907. The lowest BCUT2D eigenvalue weighted by Crippen LogP contribution is -3.15. The van der Waals surface area contributed by atoms with E-state index in [-0.39, 0.29) is 12.3 Å². The highest BCUT2D eigenvalue weighted by Gasteiger charge is 2.23. The van der Waals surface area contributed by atoms with Gasteiger partial charge in [0.15, 0.2) is 0 Å². The van der Waals surface area contributed by atoms with Crippen LogP contribution < -0.4 is 10.0 Å². The maximum absolute atomic E-state index is 11.8. The lowest BCUT2D eigenvalue weighted by Gasteiger charge is -2.33. The van der Waals surface area contributed by atoms with Crippen LogP contribution in [0.15, 0.2) is 0 Å². The van der Waals surface area contributed by atoms with E-state index in [1.807, 2.05) is 4.90 Å². The number of rotatable bonds is 6. The Hall–Kier alpha value is -1.10. The van der Waals surface area contributed by atoms with Crippen molar-refractivity contribution >= 4 is 11.9 Å². The molecule has 0 spiro atoms. The molecule has 0 aromatic heterocycles. The molecule has 0 atom stereocenters. The van der Waals surface area contributed by atoms with Crippen LogP contribution in [0, 0.1) is 5.92 Å². The number of nitrogens with zero attached hydrogens (tertiary/aromatic N) is 1. The Bertz CT molecular complexity index is 284. The summed E-state index contributed by atoms with van der Waals surface area (Å²) in [7, 11) is 0. The minimum absolute atomic E-state index is 0.0235. The molecule has 1 saturated heterocycles. The first-order chi connectivity index (χ1) is 8.49. The molecule has 0 aliphatic carbocycles. The zero-order valence-electron chi connectivity index (χ0n) is 11.4. The Morgan fingerprint density at radius 1 is 1.22 bits per heavy atom. The molecule has 0 saturated carbocycles. The van der Waals surface area contributed by atoms with E-state index in [0.717, 1.165) is 32.7 Å². The van der Waals surface area contributed by atoms with Crippen LogP contribution in [0.5, 0.6) is 0 Å². The Kier molecular flexibility index (Phi) is 6.12. The monoisotopic (exact) mass is 256 g/mol. The van der Waals surface area contributed by atoms with Gasteiger partial charge in [-0.15, -0.1) is 0 Å². The summed E-state index contributed by atoms with van der Waals surface area (Å²) in [5, 5.41) is 10.3. The first-order valence-corrected chi connectivity index (χ1v) is 6.80. The number of carbonyl (C=O) groups excluding carboxylic acids is 2. The van der Waals surface area contributed by atoms with Gasteiger partial charge in [-0.05, 0) is 12.8 Å². The molecule has 1 aliphatic heterocycles. The summed E-state index contributed by atoms with van der Waals surface area (Å²) in [4.78, 5) is 25.5. The topological polar surface area (TPSA) is 64.9 Å². The van der Waals surface area contributed by atoms with E-state index < -0.39 is 5.97 Å². The molecular formula is C13H24N2O3. The van der Waals surface area contributed by atoms with Crippen LogP contribution in [-0.4, -0.2) is 49.5 Å². The van der Waals surface area contributed by atoms with Gasteiger partial charge in [0.1, 0.15) is 0 Å². The number of aliphatic carboxylic acids is 1. The molecule has 104 valence electrons. The predicted octanol–water partition coefficient (Wildman–Crippen LogP) is -1.71. The third-order valence-electron chi connectivity index (χ3n) is 3.29. The molecule has 0 aromatic rings. The van der Waals surface area contributed by atoms with Crippen molar-refractivity contribution in [1.29, 1.82) is 0 Å². The number of hydrogen-bond donors (Lipinski definition) is 1. The largest absolute Gasteiger partial charge is 0.550 e. The molecule has 1 rings (SSSR count). The highest BCUT2D eigenvalue weighted by molar-refractivity contribution is 5.76. The Morgan fingerprint density at radius 2 is 1.83 bits per heavy atom. The van der Waals surface area contributed by atoms with E-state index >= 15 is 0 Å². The average molecular weight is 256 g/mol. The molecule has 18 heavy (non-hydrogen) atoms. The number of nitrogens with one attached hydrogen (secondary N) is 1. The summed E-state index contributed by atoms with van der Waals surface area (Å²) in [6, 6.07) is 0. The fourth-order valence-corrected chi connectivity index (χ4v) is 2.40. The van der Waals surface area contributed by atoms with E-state index in [2.05, 4.69) is 13.8 Å². The second-order valence-corrected chi connectivity index (χ2v) is 5.45. The first-order valence-electron chi connectivity index (χ1n) is 6.80. The smallest absolute Gasteiger partial charge is 0.222 e. The number of hydrogen-bond acceptors (Lipinski definition) is 3. The lowest BCUT2D eigenvalue weighted by atomic mass is 10.1. The quantitative estimate of drug-likeness (QED) is 0.615. The SMILES string of the molecule is CC(C)C[NH+]1CCN(C(=O)CCCC(=O)[O-])CC1. The van der Waals surface area contributed by atoms with Crippen LogP contribution >= 0.6 is 0 Å². The van der Waals surface area contributed by atoms with Crippen molar-refractivity contribution in [3.05, 3.63) is 0 Å². The Morgan fingerprint density at radius 3 is 2.33 bits per heavy atom. The zero-order chi connectivity index (χ0) is 13.5. The van der Waals surface area contributed by atoms with E-state index in [9.17, 15) is 14.7 Å². The van der Waals surface area contributed by atoms with Gasteiger partial charge in [0.05, 0.1) is 32.7 Å². The van der Waals surface area contributed by atoms with E-state index in [0.29, 0.717) is 18.8 Å². The molecule has 5 nitrogen and oxygen atoms in total. The molecule has 1 fully saturated rings. The predicted molar refractivity (Wildman–Crippen MR) is 65.8 cm³/mol. The van der Waals surface area contributed by atoms with Gasteiger partial charge in [-0.1, -0.05) is 13.8 Å². The zero-order valence-corrected chi connectivity index (χ0v) is 11.4. The minimum atomic E-state index is -1.08. The van der Waals surface area contributed by atoms with Gasteiger partial charge < -0.3 is 19.7 Å². The maximum atomic E-state index is 11.8. The molecule has 0 radical (unpaired) electrons. The molecule has 1 heterocycles. The standard InChI is InChI=1S/C13H24N2O3/c1-11(2)10-14-6-8-15(9-7-14)12(16)4-3-5-13(17)18/h11H,3-10H2,1-2H3,(H,17,18). The molecule has 0 unspecified atom stereocenters. The summed E-state index contributed by atoms with van der Waals surface area (Å²) >= 11 is 0. The fraction of sp³-hybridized carbons (Fsp3) is 0.846. The van der Waals surface area contributed by atoms with Gasteiger partial charge in [-0.2, -0.15) is 0 Å². The molecule has 1 N–H and O–H groups in total. The summed E-state index contributed by atoms with van der Waals surface area (Å²) in [5.41, 5.74) is 0. The van der Waals surface area contributed by atoms with Crippen molar-refractivity contribution in [1.82, 2.24) is 4.90 Å². The third-order valence-corrected chi connectivity index (χ3v) is 3.29. The summed E-state index contributed by atoms with van der Waals surface area (Å²) in [5.74, 6) is -0.306. The van der Waals surface area contributed by atoms with Crippen molar-refractivity contribution in [2.75, 3.05) is 32.7 Å². The first kappa shape index (κ1) is 15.0. The number of amides is 1. The van der Waals surface area contributed by atoms with Gasteiger partial charge in [0.2, 0.25) is 5.91 Å². The van der Waals surface area contributed by atoms with E-state index in [4.69, 9.17) is 0 Å². The summed E-state index contributed by atoms with van der Waals surface area (Å²) < 4.78 is 0. The van der Waals surface area contributed by atoms with Crippen LogP contribution in [0.25, 0.3) is 0 Å². The molecule has 1 aliphatic rings. The van der Waals surface area contributed by atoms with Crippen molar-refractivity contribution in [3.8, 4) is 0 Å². The number of quaternary nitrogens is 1. The maximum Gasteiger partial charge on any atom is 0.222 e. The number of piperazine rings is 1. The highest BCUT2D eigenvalue weighted by Crippen LogP contribution is 2.01. The van der Waals surface area contributed by atoms with Crippen molar-refractivity contribution in [3.63, 3.8) is 0 Å². The summed E-state index contributed by atoms with van der Waals surface area (Å²) in [6.45, 7) is 9.19. The van der Waals surface area contributed by atoms with Crippen LogP contribution in [0.1, 0.15) is 33.1 Å². The van der Waals surface area contributed by atoms with Crippen LogP contribution in [0.3, 0.4) is 0 Å². The average Bonchev–Trinajstić information content (AvgIpc) is 2.28. The summed E-state index contributed by atoms with van der Waals surface area (Å²) in [6.07, 6.45) is 0.692. The van der Waals surface area contributed by atoms with Crippen molar-refractivity contribution < 1.29 is 19.6 Å². The third kappa shape index (κ3) is 5.49. The molecule has 5 heteroatoms. The molecule has 1 amide bonds. The molecular weight excluding hydrogens is 232 g/mol. The van der Waals surface area contributed by atoms with E-state index in [1.54, 1.807) is 4.90 Å². The Labute approximate surface area is 109 Å². The Balaban J connectivity index is 2.21. The van der Waals surface area contributed by atoms with Gasteiger partial charge in [-0.3, -0.25) is 4.79 Å². The van der Waals surface area contributed by atoms with E-state index in [1.165, 1.54) is 0 Å². The second kappa shape index (κ2) is 7.36. The fourth-order valence-electron chi connectivity index (χ4n) is 2.40. The number of carboxylic acid groups (broad SMARTS) is 1. The van der Waals surface area contributed by atoms with Crippen molar-refractivity contribution in [2.24, 2.45) is 5.92 Å².